The Kier molecular flexibility index (Phi) is 6.32. The van der Waals surface area contributed by atoms with Crippen molar-refractivity contribution in [2.45, 2.75) is 31.4 Å². The summed E-state index contributed by atoms with van der Waals surface area (Å²) in [6.45, 7) is 3.35. The third-order valence-electron chi connectivity index (χ3n) is 5.70. The Bertz CT molecular complexity index is 806. The van der Waals surface area contributed by atoms with Crippen LogP contribution < -0.4 is 15.0 Å². The van der Waals surface area contributed by atoms with Gasteiger partial charge in [-0.25, -0.2) is 4.79 Å². The molecule has 6 heteroatoms. The molecule has 2 aromatic rings. The summed E-state index contributed by atoms with van der Waals surface area (Å²) in [5.41, 5.74) is 2.27. The molecule has 2 aliphatic heterocycles. The zero-order chi connectivity index (χ0) is 20.1. The number of rotatable bonds is 6. The van der Waals surface area contributed by atoms with Crippen molar-refractivity contribution in [3.8, 4) is 5.75 Å². The van der Waals surface area contributed by atoms with Crippen LogP contribution in [0.25, 0.3) is 0 Å². The van der Waals surface area contributed by atoms with E-state index >= 15 is 0 Å². The van der Waals surface area contributed by atoms with E-state index in [9.17, 15) is 9.90 Å². The van der Waals surface area contributed by atoms with E-state index < -0.39 is 6.10 Å². The van der Waals surface area contributed by atoms with E-state index in [2.05, 4.69) is 16.3 Å². The lowest BCUT2D eigenvalue weighted by atomic mass is 10.0. The SMILES string of the molecule is O=C(NC1CCN(CC(O)COc2ccccc2)CC1)N1CCc2ccccc21. The quantitative estimate of drug-likeness (QED) is 0.789. The zero-order valence-corrected chi connectivity index (χ0v) is 16.7. The number of piperidine rings is 1. The molecule has 2 heterocycles. The summed E-state index contributed by atoms with van der Waals surface area (Å²) in [5.74, 6) is 0.774. The van der Waals surface area contributed by atoms with E-state index in [1.165, 1.54) is 5.56 Å². The van der Waals surface area contributed by atoms with Crippen LogP contribution >= 0.6 is 0 Å². The minimum atomic E-state index is -0.526. The number of anilines is 1. The van der Waals surface area contributed by atoms with Gasteiger partial charge in [0, 0.05) is 37.9 Å². The Hall–Kier alpha value is -2.57. The molecule has 0 aromatic heterocycles. The first-order chi connectivity index (χ1) is 14.2. The van der Waals surface area contributed by atoms with Gasteiger partial charge in [-0.1, -0.05) is 36.4 Å². The molecule has 6 nitrogen and oxygen atoms in total. The summed E-state index contributed by atoms with van der Waals surface area (Å²) in [6, 6.07) is 17.9. The summed E-state index contributed by atoms with van der Waals surface area (Å²) in [4.78, 5) is 16.8. The second kappa shape index (κ2) is 9.29. The van der Waals surface area contributed by atoms with Crippen molar-refractivity contribution in [1.29, 1.82) is 0 Å². The van der Waals surface area contributed by atoms with Crippen LogP contribution in [0.4, 0.5) is 10.5 Å². The van der Waals surface area contributed by atoms with E-state index in [0.717, 1.165) is 50.3 Å². The number of hydrogen-bond donors (Lipinski definition) is 2. The number of nitrogens with zero attached hydrogens (tertiary/aromatic N) is 2. The molecule has 0 radical (unpaired) electrons. The van der Waals surface area contributed by atoms with Gasteiger partial charge in [0.25, 0.3) is 0 Å². The van der Waals surface area contributed by atoms with Gasteiger partial charge in [0.05, 0.1) is 0 Å². The topological polar surface area (TPSA) is 65.0 Å². The average Bonchev–Trinajstić information content (AvgIpc) is 3.19. The average molecular weight is 396 g/mol. The maximum Gasteiger partial charge on any atom is 0.322 e. The summed E-state index contributed by atoms with van der Waals surface area (Å²) in [6.07, 6.45) is 2.19. The van der Waals surface area contributed by atoms with Gasteiger partial charge in [0.2, 0.25) is 0 Å². The fraction of sp³-hybridized carbons (Fsp3) is 0.435. The molecule has 1 atom stereocenters. The number of aliphatic hydroxyl groups is 1. The molecule has 2 aromatic carbocycles. The van der Waals surface area contributed by atoms with Gasteiger partial charge in [-0.2, -0.15) is 0 Å². The van der Waals surface area contributed by atoms with E-state index in [1.807, 2.05) is 53.4 Å². The number of hydrogen-bond acceptors (Lipinski definition) is 4. The van der Waals surface area contributed by atoms with Gasteiger partial charge in [0.15, 0.2) is 0 Å². The second-order valence-corrected chi connectivity index (χ2v) is 7.83. The highest BCUT2D eigenvalue weighted by molar-refractivity contribution is 5.94. The molecule has 4 rings (SSSR count). The fourth-order valence-electron chi connectivity index (χ4n) is 4.12. The van der Waals surface area contributed by atoms with Crippen LogP contribution in [0, 0.1) is 0 Å². The Morgan fingerprint density at radius 3 is 2.59 bits per heavy atom. The maximum absolute atomic E-state index is 12.7. The molecule has 0 aliphatic carbocycles. The molecule has 0 spiro atoms. The minimum absolute atomic E-state index is 0.00435. The number of carbonyl (C=O) groups is 1. The normalized spacial score (nSPS) is 18.3. The third kappa shape index (κ3) is 5.08. The number of carbonyl (C=O) groups excluding carboxylic acids is 1. The predicted molar refractivity (Wildman–Crippen MR) is 113 cm³/mol. The van der Waals surface area contributed by atoms with Crippen molar-refractivity contribution in [2.75, 3.05) is 37.7 Å². The van der Waals surface area contributed by atoms with Crippen molar-refractivity contribution in [3.63, 3.8) is 0 Å². The second-order valence-electron chi connectivity index (χ2n) is 7.83. The zero-order valence-electron chi connectivity index (χ0n) is 16.7. The molecule has 0 saturated carbocycles. The maximum atomic E-state index is 12.7. The standard InChI is InChI=1S/C23H29N3O3/c27-20(17-29-21-7-2-1-3-8-21)16-25-13-11-19(12-14-25)24-23(28)26-15-10-18-6-4-5-9-22(18)26/h1-9,19-20,27H,10-17H2,(H,24,28). The first kappa shape index (κ1) is 19.7. The predicted octanol–water partition coefficient (Wildman–Crippen LogP) is 2.66. The number of amides is 2. The number of nitrogens with one attached hydrogen (secondary N) is 1. The molecule has 2 aliphatic rings. The summed E-state index contributed by atoms with van der Waals surface area (Å²) in [5, 5.41) is 13.5. The Morgan fingerprint density at radius 1 is 1.07 bits per heavy atom. The Labute approximate surface area is 172 Å². The largest absolute Gasteiger partial charge is 0.491 e. The highest BCUT2D eigenvalue weighted by atomic mass is 16.5. The number of urea groups is 1. The van der Waals surface area contributed by atoms with Gasteiger partial charge >= 0.3 is 6.03 Å². The number of aliphatic hydroxyl groups excluding tert-OH is 1. The number of fused-ring (bicyclic) bond motifs is 1. The van der Waals surface area contributed by atoms with Crippen molar-refractivity contribution in [2.24, 2.45) is 0 Å². The fourth-order valence-corrected chi connectivity index (χ4v) is 4.12. The van der Waals surface area contributed by atoms with Crippen LogP contribution in [0.2, 0.25) is 0 Å². The van der Waals surface area contributed by atoms with Crippen LogP contribution in [0.5, 0.6) is 5.75 Å². The van der Waals surface area contributed by atoms with Crippen LogP contribution in [0.1, 0.15) is 18.4 Å². The lowest BCUT2D eigenvalue weighted by Gasteiger charge is -2.34. The van der Waals surface area contributed by atoms with Crippen molar-refractivity contribution >= 4 is 11.7 Å². The molecule has 2 N–H and O–H groups in total. The molecule has 154 valence electrons. The lowest BCUT2D eigenvalue weighted by molar-refractivity contribution is 0.0584. The highest BCUT2D eigenvalue weighted by Crippen LogP contribution is 2.27. The van der Waals surface area contributed by atoms with Gasteiger partial charge < -0.3 is 20.1 Å². The molecule has 1 fully saturated rings. The monoisotopic (exact) mass is 395 g/mol. The molecule has 2 amide bonds. The van der Waals surface area contributed by atoms with Crippen LogP contribution in [-0.2, 0) is 6.42 Å². The summed E-state index contributed by atoms with van der Waals surface area (Å²) >= 11 is 0. The van der Waals surface area contributed by atoms with Gasteiger partial charge in [-0.3, -0.25) is 4.90 Å². The van der Waals surface area contributed by atoms with E-state index in [1.54, 1.807) is 0 Å². The number of ether oxygens (including phenoxy) is 1. The van der Waals surface area contributed by atoms with Gasteiger partial charge in [0.1, 0.15) is 18.5 Å². The molecule has 29 heavy (non-hydrogen) atoms. The van der Waals surface area contributed by atoms with E-state index in [-0.39, 0.29) is 18.7 Å². The number of benzene rings is 2. The van der Waals surface area contributed by atoms with Crippen LogP contribution in [0.3, 0.4) is 0 Å². The first-order valence-corrected chi connectivity index (χ1v) is 10.4. The lowest BCUT2D eigenvalue weighted by Crippen LogP contribution is -2.50. The Morgan fingerprint density at radius 2 is 1.79 bits per heavy atom. The van der Waals surface area contributed by atoms with Crippen molar-refractivity contribution < 1.29 is 14.6 Å². The molecule has 0 bridgehead atoms. The van der Waals surface area contributed by atoms with Crippen molar-refractivity contribution in [1.82, 2.24) is 10.2 Å². The molecule has 1 saturated heterocycles. The van der Waals surface area contributed by atoms with Crippen LogP contribution in [-0.4, -0.2) is 61.0 Å². The smallest absolute Gasteiger partial charge is 0.322 e. The van der Waals surface area contributed by atoms with E-state index in [0.29, 0.717) is 6.54 Å². The molecular weight excluding hydrogens is 366 g/mol. The first-order valence-electron chi connectivity index (χ1n) is 10.4. The van der Waals surface area contributed by atoms with E-state index in [4.69, 9.17) is 4.74 Å². The molecule has 1 unspecified atom stereocenters. The van der Waals surface area contributed by atoms with Gasteiger partial charge in [-0.05, 0) is 43.0 Å². The third-order valence-corrected chi connectivity index (χ3v) is 5.70. The Balaban J connectivity index is 1.18. The number of para-hydroxylation sites is 2. The number of β-amino-alcohol motifs (C(OH)–C–C–N with tert-alkyl or cyclic N) is 1. The molecular formula is C23H29N3O3. The minimum Gasteiger partial charge on any atom is -0.491 e. The van der Waals surface area contributed by atoms with Crippen LogP contribution in [0.15, 0.2) is 54.6 Å². The van der Waals surface area contributed by atoms with Crippen molar-refractivity contribution in [3.05, 3.63) is 60.2 Å². The number of likely N-dealkylation sites (tertiary alicyclic amines) is 1. The van der Waals surface area contributed by atoms with Gasteiger partial charge in [-0.15, -0.1) is 0 Å². The summed E-state index contributed by atoms with van der Waals surface area (Å²) in [7, 11) is 0. The summed E-state index contributed by atoms with van der Waals surface area (Å²) < 4.78 is 5.63. The highest BCUT2D eigenvalue weighted by Gasteiger charge is 2.28.